The van der Waals surface area contributed by atoms with E-state index in [2.05, 4.69) is 14.8 Å². The zero-order chi connectivity index (χ0) is 36.3. The number of aliphatic imine (C=N–C) groups is 2. The first-order valence-electron chi connectivity index (χ1n) is 16.5. The lowest BCUT2D eigenvalue weighted by molar-refractivity contribution is -0.142. The van der Waals surface area contributed by atoms with Gasteiger partial charge in [0.2, 0.25) is 0 Å². The van der Waals surface area contributed by atoms with Gasteiger partial charge in [-0.2, -0.15) is 0 Å². The molecule has 0 saturated carbocycles. The van der Waals surface area contributed by atoms with Crippen LogP contribution in [0.2, 0.25) is 0 Å². The maximum absolute atomic E-state index is 15.3. The van der Waals surface area contributed by atoms with Crippen molar-refractivity contribution in [1.29, 1.82) is 0 Å². The van der Waals surface area contributed by atoms with E-state index in [0.29, 0.717) is 65.5 Å². The first kappa shape index (κ1) is 35.4. The largest absolute Gasteiger partial charge is 0.679 e. The molecule has 0 saturated heterocycles. The Morgan fingerprint density at radius 3 is 2.10 bits per heavy atom. The van der Waals surface area contributed by atoms with E-state index in [1.165, 1.54) is 7.11 Å². The van der Waals surface area contributed by atoms with E-state index in [-0.39, 0.29) is 24.0 Å². The number of benzene rings is 4. The predicted octanol–water partition coefficient (Wildman–Crippen LogP) is 9.23. The molecule has 1 aliphatic heterocycles. The molecule has 0 amide bonds. The van der Waals surface area contributed by atoms with Crippen LogP contribution in [0.15, 0.2) is 136 Å². The molecule has 0 atom stereocenters. The highest BCUT2D eigenvalue weighted by atomic mass is 19.2. The van der Waals surface area contributed by atoms with Gasteiger partial charge in [0.15, 0.2) is 12.4 Å². The van der Waals surface area contributed by atoms with E-state index in [1.807, 2.05) is 66.7 Å². The first-order valence-corrected chi connectivity index (χ1v) is 16.5. The lowest BCUT2D eigenvalue weighted by Crippen LogP contribution is -2.14. The summed E-state index contributed by atoms with van der Waals surface area (Å²) in [5, 5.41) is 3.53. The Morgan fingerprint density at radius 2 is 1.46 bits per heavy atom. The number of carbonyl (C=O) groups is 1. The Balaban J connectivity index is 1.41. The van der Waals surface area contributed by atoms with Crippen molar-refractivity contribution in [2.24, 2.45) is 15.1 Å². The number of amidine groups is 1. The highest BCUT2D eigenvalue weighted by Crippen LogP contribution is 2.41. The number of aromatic nitrogens is 1. The van der Waals surface area contributed by atoms with Gasteiger partial charge in [-0.05, 0) is 83.6 Å². The Bertz CT molecular complexity index is 2150. The zero-order valence-electron chi connectivity index (χ0n) is 28.2. The van der Waals surface area contributed by atoms with Gasteiger partial charge in [0.1, 0.15) is 17.3 Å². The molecule has 0 spiro atoms. The molecule has 0 N–H and O–H groups in total. The maximum Gasteiger partial charge on any atom is 0.679 e. The third kappa shape index (κ3) is 8.46. The van der Waals surface area contributed by atoms with Crippen molar-refractivity contribution >= 4 is 36.3 Å². The molecule has 1 aromatic heterocycles. The Morgan fingerprint density at radius 1 is 0.827 bits per heavy atom. The minimum atomic E-state index is -2.93. The fraction of sp³-hybridized carbons (Fsp3) is 0.154. The van der Waals surface area contributed by atoms with Crippen LogP contribution in [-0.4, -0.2) is 56.3 Å². The van der Waals surface area contributed by atoms with Crippen LogP contribution in [0.5, 0.6) is 11.5 Å². The second-order valence-corrected chi connectivity index (χ2v) is 11.6. The van der Waals surface area contributed by atoms with E-state index in [4.69, 9.17) is 25.0 Å². The van der Waals surface area contributed by atoms with Gasteiger partial charge >= 0.3 is 13.4 Å². The van der Waals surface area contributed by atoms with Gasteiger partial charge in [-0.25, -0.2) is 14.8 Å². The molecule has 0 aliphatic carbocycles. The number of esters is 1. The summed E-state index contributed by atoms with van der Waals surface area (Å²) >= 11 is 0. The van der Waals surface area contributed by atoms with Crippen LogP contribution in [-0.2, 0) is 9.53 Å². The van der Waals surface area contributed by atoms with E-state index in [9.17, 15) is 4.79 Å². The molecule has 5 aromatic rings. The summed E-state index contributed by atoms with van der Waals surface area (Å²) in [7, 11) is -1.65. The summed E-state index contributed by atoms with van der Waals surface area (Å²) in [5.41, 5.74) is 13.3. The fourth-order valence-electron chi connectivity index (χ4n) is 5.61. The zero-order valence-corrected chi connectivity index (χ0v) is 28.2. The standard InChI is InChI=1S/C39H33BF2N6O4/c1-50-37(49)26-52-32-18-14-28(15-19-32)33-24-35(29-12-6-3-7-13-29)45-38(33)46-39-34(27-10-4-2-5-11-27)25-36(48(39)40(41)42)30-16-20-31(21-17-30)51-23-9-8-22-44-47-43/h2-7,10-21,24-25H,8-9,22-23,26H2,1H3. The number of nitrogens with zero attached hydrogens (tertiary/aromatic N) is 6. The van der Waals surface area contributed by atoms with Crippen LogP contribution in [0.3, 0.4) is 0 Å². The maximum atomic E-state index is 15.3. The number of azide groups is 1. The SMILES string of the molecule is COC(=O)COc1ccc(C2=CC(c3ccccc3)=NC2=Nc2c(-c3ccccc3)cc(-c3ccc(OCCCCN=[N+]=[N-])cc3)n2B(F)F)cc1. The van der Waals surface area contributed by atoms with Gasteiger partial charge in [0.05, 0.1) is 19.4 Å². The summed E-state index contributed by atoms with van der Waals surface area (Å²) in [6.07, 6.45) is 3.28. The average molecular weight is 699 g/mol. The molecule has 6 rings (SSSR count). The number of methoxy groups -OCH3 is 1. The van der Waals surface area contributed by atoms with Gasteiger partial charge in [-0.15, -0.1) is 0 Å². The number of hydrogen-bond donors (Lipinski definition) is 0. The van der Waals surface area contributed by atoms with Gasteiger partial charge in [-0.1, -0.05) is 77.9 Å². The number of ether oxygens (including phenoxy) is 3. The molecular formula is C39H33BF2N6O4. The minimum Gasteiger partial charge on any atom is -0.494 e. The minimum absolute atomic E-state index is 0.0496. The summed E-state index contributed by atoms with van der Waals surface area (Å²) in [6, 6.07) is 34.5. The molecule has 0 fully saturated rings. The lowest BCUT2D eigenvalue weighted by atomic mass is 10.0. The third-order valence-corrected chi connectivity index (χ3v) is 8.20. The van der Waals surface area contributed by atoms with Crippen LogP contribution in [0.4, 0.5) is 14.4 Å². The topological polar surface area (TPSA) is 123 Å². The van der Waals surface area contributed by atoms with Crippen LogP contribution in [0.1, 0.15) is 24.0 Å². The highest BCUT2D eigenvalue weighted by molar-refractivity contribution is 6.43. The quantitative estimate of drug-likeness (QED) is 0.0270. The number of rotatable bonds is 15. The van der Waals surface area contributed by atoms with E-state index in [1.54, 1.807) is 54.6 Å². The number of halogens is 2. The molecule has 2 heterocycles. The highest BCUT2D eigenvalue weighted by Gasteiger charge is 2.30. The molecular weight excluding hydrogens is 665 g/mol. The Kier molecular flexibility index (Phi) is 11.5. The normalized spacial score (nSPS) is 12.9. The van der Waals surface area contributed by atoms with Crippen molar-refractivity contribution in [1.82, 2.24) is 4.48 Å². The average Bonchev–Trinajstić information content (AvgIpc) is 3.79. The van der Waals surface area contributed by atoms with Crippen LogP contribution >= 0.6 is 0 Å². The molecule has 4 aromatic carbocycles. The number of unbranched alkanes of at least 4 members (excludes halogenated alkanes) is 1. The summed E-state index contributed by atoms with van der Waals surface area (Å²) in [4.78, 5) is 24.1. The fourth-order valence-corrected chi connectivity index (χ4v) is 5.61. The van der Waals surface area contributed by atoms with E-state index < -0.39 is 13.4 Å². The van der Waals surface area contributed by atoms with Crippen molar-refractivity contribution in [2.75, 3.05) is 26.9 Å². The smallest absolute Gasteiger partial charge is 0.494 e. The first-order chi connectivity index (χ1) is 25.4. The summed E-state index contributed by atoms with van der Waals surface area (Å²) in [6.45, 7) is 0.589. The molecule has 13 heteroatoms. The number of allylic oxidation sites excluding steroid dienone is 1. The van der Waals surface area contributed by atoms with E-state index in [0.717, 1.165) is 15.6 Å². The molecule has 0 unspecified atom stereocenters. The number of hydrogen-bond acceptors (Lipinski definition) is 6. The third-order valence-electron chi connectivity index (χ3n) is 8.20. The molecule has 0 radical (unpaired) electrons. The monoisotopic (exact) mass is 698 g/mol. The van der Waals surface area contributed by atoms with E-state index >= 15 is 8.63 Å². The van der Waals surface area contributed by atoms with Gasteiger partial charge < -0.3 is 18.7 Å². The van der Waals surface area contributed by atoms with Crippen molar-refractivity contribution < 1.29 is 27.6 Å². The molecule has 1 aliphatic rings. The Hall–Kier alpha value is -6.46. The molecule has 260 valence electrons. The van der Waals surface area contributed by atoms with Crippen molar-refractivity contribution in [3.63, 3.8) is 0 Å². The van der Waals surface area contributed by atoms with Gasteiger partial charge in [0, 0.05) is 33.9 Å². The van der Waals surface area contributed by atoms with Gasteiger partial charge in [0.25, 0.3) is 0 Å². The molecule has 10 nitrogen and oxygen atoms in total. The number of carbonyl (C=O) groups excluding carboxylic acids is 1. The van der Waals surface area contributed by atoms with Crippen LogP contribution in [0.25, 0.3) is 38.4 Å². The van der Waals surface area contributed by atoms with Gasteiger partial charge in [-0.3, -0.25) is 8.63 Å². The second-order valence-electron chi connectivity index (χ2n) is 11.6. The summed E-state index contributed by atoms with van der Waals surface area (Å²) < 4.78 is 47.4. The van der Waals surface area contributed by atoms with Crippen molar-refractivity contribution in [2.45, 2.75) is 12.8 Å². The summed E-state index contributed by atoms with van der Waals surface area (Å²) in [5.74, 6) is 0.855. The van der Waals surface area contributed by atoms with Crippen molar-refractivity contribution in [3.8, 4) is 33.9 Å². The van der Waals surface area contributed by atoms with Crippen LogP contribution < -0.4 is 9.47 Å². The second kappa shape index (κ2) is 17.0. The Labute approximate surface area is 299 Å². The molecule has 52 heavy (non-hydrogen) atoms. The molecule has 0 bridgehead atoms. The lowest BCUT2D eigenvalue weighted by Gasteiger charge is -2.11. The van der Waals surface area contributed by atoms with Crippen LogP contribution in [0, 0.1) is 0 Å². The van der Waals surface area contributed by atoms with Crippen molar-refractivity contribution in [3.05, 3.63) is 143 Å². The predicted molar refractivity (Wildman–Crippen MR) is 199 cm³/mol.